The average molecular weight is 424 g/mol. The minimum atomic E-state index is -0.650. The molecule has 1 amide bonds. The Kier molecular flexibility index (Phi) is 7.99. The molecule has 2 aromatic rings. The van der Waals surface area contributed by atoms with Gasteiger partial charge in [0.05, 0.1) is 11.6 Å². The third-order valence-electron chi connectivity index (χ3n) is 5.30. The number of hydrogen-bond acceptors (Lipinski definition) is 5. The zero-order valence-electron chi connectivity index (χ0n) is 17.3. The largest absolute Gasteiger partial charge is 0.482 e. The molecule has 1 aliphatic rings. The van der Waals surface area contributed by atoms with E-state index in [0.29, 0.717) is 17.9 Å². The van der Waals surface area contributed by atoms with Crippen LogP contribution in [-0.4, -0.2) is 36.0 Å². The summed E-state index contributed by atoms with van der Waals surface area (Å²) in [6.07, 6.45) is 5.06. The van der Waals surface area contributed by atoms with Gasteiger partial charge in [0, 0.05) is 12.6 Å². The predicted molar refractivity (Wildman–Crippen MR) is 111 cm³/mol. The summed E-state index contributed by atoms with van der Waals surface area (Å²) < 4.78 is 23.7. The van der Waals surface area contributed by atoms with Crippen molar-refractivity contribution >= 4 is 11.9 Å². The third kappa shape index (κ3) is 6.82. The lowest BCUT2D eigenvalue weighted by molar-refractivity contribution is -0.155. The number of ether oxygens (including phenoxy) is 2. The maximum Gasteiger partial charge on any atom is 0.344 e. The molecule has 2 aromatic carbocycles. The fourth-order valence-corrected chi connectivity index (χ4v) is 3.63. The molecule has 0 aliphatic heterocycles. The average Bonchev–Trinajstić information content (AvgIpc) is 2.81. The van der Waals surface area contributed by atoms with Gasteiger partial charge < -0.3 is 14.4 Å². The first-order valence-electron chi connectivity index (χ1n) is 10.4. The number of carbonyl (C=O) groups is 2. The van der Waals surface area contributed by atoms with Gasteiger partial charge in [-0.3, -0.25) is 4.79 Å². The Bertz CT molecular complexity index is 916. The molecule has 0 heterocycles. The van der Waals surface area contributed by atoms with Crippen molar-refractivity contribution in [3.63, 3.8) is 0 Å². The summed E-state index contributed by atoms with van der Waals surface area (Å²) in [5, 5.41) is 8.80. The first-order chi connectivity index (χ1) is 15.0. The summed E-state index contributed by atoms with van der Waals surface area (Å²) in [4.78, 5) is 26.6. The molecule has 1 fully saturated rings. The number of hydrogen-bond donors (Lipinski definition) is 0. The maximum atomic E-state index is 13.2. The molecular weight excluding hydrogens is 399 g/mol. The molecule has 0 radical (unpaired) electrons. The fraction of sp³-hybridized carbons (Fsp3) is 0.375. The monoisotopic (exact) mass is 424 g/mol. The van der Waals surface area contributed by atoms with Gasteiger partial charge in [-0.1, -0.05) is 31.4 Å². The number of nitrogens with zero attached hydrogens (tertiary/aromatic N) is 2. The standard InChI is InChI=1S/C24H25FN2O4/c25-20-10-6-19(7-11-20)15-27(21-4-2-1-3-5-21)23(28)16-31-24(29)17-30-22-12-8-18(14-26)9-13-22/h6-13,21H,1-5,15-17H2. The van der Waals surface area contributed by atoms with Crippen molar-refractivity contribution in [2.45, 2.75) is 44.7 Å². The van der Waals surface area contributed by atoms with Crippen molar-refractivity contribution in [2.24, 2.45) is 0 Å². The second kappa shape index (κ2) is 11.1. The van der Waals surface area contributed by atoms with E-state index in [1.54, 1.807) is 41.3 Å². The number of esters is 1. The lowest BCUT2D eigenvalue weighted by Crippen LogP contribution is -2.43. The van der Waals surface area contributed by atoms with Crippen molar-refractivity contribution in [3.05, 3.63) is 65.5 Å². The number of amides is 1. The van der Waals surface area contributed by atoms with Gasteiger partial charge in [-0.25, -0.2) is 9.18 Å². The van der Waals surface area contributed by atoms with Gasteiger partial charge >= 0.3 is 5.97 Å². The van der Waals surface area contributed by atoms with Gasteiger partial charge in [-0.2, -0.15) is 5.26 Å². The van der Waals surface area contributed by atoms with E-state index in [2.05, 4.69) is 0 Å². The van der Waals surface area contributed by atoms with Gasteiger partial charge in [0.2, 0.25) is 0 Å². The van der Waals surface area contributed by atoms with Gasteiger partial charge in [-0.15, -0.1) is 0 Å². The Morgan fingerprint density at radius 3 is 2.32 bits per heavy atom. The summed E-state index contributed by atoms with van der Waals surface area (Å²) >= 11 is 0. The van der Waals surface area contributed by atoms with E-state index in [-0.39, 0.29) is 31.0 Å². The molecule has 0 aromatic heterocycles. The molecule has 0 atom stereocenters. The summed E-state index contributed by atoms with van der Waals surface area (Å²) in [7, 11) is 0. The Morgan fingerprint density at radius 2 is 1.68 bits per heavy atom. The van der Waals surface area contributed by atoms with Crippen LogP contribution in [0.4, 0.5) is 4.39 Å². The zero-order valence-corrected chi connectivity index (χ0v) is 17.3. The molecule has 0 N–H and O–H groups in total. The number of carbonyl (C=O) groups excluding carboxylic acids is 2. The molecule has 0 unspecified atom stereocenters. The lowest BCUT2D eigenvalue weighted by atomic mass is 9.93. The van der Waals surface area contributed by atoms with Crippen LogP contribution >= 0.6 is 0 Å². The molecule has 3 rings (SSSR count). The second-order valence-corrected chi connectivity index (χ2v) is 7.53. The Labute approximate surface area is 181 Å². The molecule has 1 saturated carbocycles. The van der Waals surface area contributed by atoms with E-state index >= 15 is 0 Å². The van der Waals surface area contributed by atoms with E-state index in [1.807, 2.05) is 6.07 Å². The number of halogens is 1. The molecule has 0 bridgehead atoms. The van der Waals surface area contributed by atoms with Crippen molar-refractivity contribution in [3.8, 4) is 11.8 Å². The van der Waals surface area contributed by atoms with Crippen LogP contribution in [0.3, 0.4) is 0 Å². The molecule has 7 heteroatoms. The van der Waals surface area contributed by atoms with Crippen molar-refractivity contribution in [1.29, 1.82) is 5.26 Å². The molecule has 1 aliphatic carbocycles. The smallest absolute Gasteiger partial charge is 0.344 e. The second-order valence-electron chi connectivity index (χ2n) is 7.53. The highest BCUT2D eigenvalue weighted by atomic mass is 19.1. The first kappa shape index (κ1) is 22.3. The fourth-order valence-electron chi connectivity index (χ4n) is 3.63. The SMILES string of the molecule is N#Cc1ccc(OCC(=O)OCC(=O)N(Cc2ccc(F)cc2)C2CCCCC2)cc1. The van der Waals surface area contributed by atoms with E-state index in [4.69, 9.17) is 14.7 Å². The molecule has 0 spiro atoms. The Morgan fingerprint density at radius 1 is 1.00 bits per heavy atom. The van der Waals surface area contributed by atoms with E-state index in [0.717, 1.165) is 37.7 Å². The molecule has 6 nitrogen and oxygen atoms in total. The van der Waals surface area contributed by atoms with Crippen LogP contribution in [0.1, 0.15) is 43.2 Å². The van der Waals surface area contributed by atoms with Crippen LogP contribution in [0.2, 0.25) is 0 Å². The van der Waals surface area contributed by atoms with Crippen LogP contribution in [0, 0.1) is 17.1 Å². The van der Waals surface area contributed by atoms with Crippen LogP contribution in [0.15, 0.2) is 48.5 Å². The van der Waals surface area contributed by atoms with Crippen LogP contribution in [0.5, 0.6) is 5.75 Å². The van der Waals surface area contributed by atoms with Crippen molar-refractivity contribution < 1.29 is 23.5 Å². The number of nitriles is 1. The third-order valence-corrected chi connectivity index (χ3v) is 5.30. The van der Waals surface area contributed by atoms with Gasteiger partial charge in [0.25, 0.3) is 5.91 Å². The molecule has 31 heavy (non-hydrogen) atoms. The minimum absolute atomic E-state index is 0.0832. The molecular formula is C24H25FN2O4. The topological polar surface area (TPSA) is 79.6 Å². The Balaban J connectivity index is 1.53. The summed E-state index contributed by atoms with van der Waals surface area (Å²) in [6.45, 7) is -0.350. The highest BCUT2D eigenvalue weighted by Crippen LogP contribution is 2.24. The highest BCUT2D eigenvalue weighted by Gasteiger charge is 2.26. The molecule has 0 saturated heterocycles. The summed E-state index contributed by atoms with van der Waals surface area (Å²) in [5.41, 5.74) is 1.32. The first-order valence-corrected chi connectivity index (χ1v) is 10.4. The number of rotatable bonds is 8. The van der Waals surface area contributed by atoms with Crippen LogP contribution in [-0.2, 0) is 20.9 Å². The Hall–Kier alpha value is -3.40. The normalized spacial score (nSPS) is 13.8. The van der Waals surface area contributed by atoms with Crippen molar-refractivity contribution in [1.82, 2.24) is 4.90 Å². The minimum Gasteiger partial charge on any atom is -0.482 e. The van der Waals surface area contributed by atoms with Gasteiger partial charge in [0.15, 0.2) is 13.2 Å². The maximum absolute atomic E-state index is 13.2. The van der Waals surface area contributed by atoms with Gasteiger partial charge in [0.1, 0.15) is 11.6 Å². The number of benzene rings is 2. The zero-order chi connectivity index (χ0) is 22.1. The lowest BCUT2D eigenvalue weighted by Gasteiger charge is -2.34. The van der Waals surface area contributed by atoms with Gasteiger partial charge in [-0.05, 0) is 54.8 Å². The van der Waals surface area contributed by atoms with E-state index in [9.17, 15) is 14.0 Å². The molecule has 162 valence electrons. The quantitative estimate of drug-likeness (QED) is 0.599. The summed E-state index contributed by atoms with van der Waals surface area (Å²) in [6, 6.07) is 14.5. The van der Waals surface area contributed by atoms with Crippen LogP contribution in [0.25, 0.3) is 0 Å². The predicted octanol–water partition coefficient (Wildman–Crippen LogP) is 3.98. The summed E-state index contributed by atoms with van der Waals surface area (Å²) in [5.74, 6) is -0.816. The highest BCUT2D eigenvalue weighted by molar-refractivity contribution is 5.81. The van der Waals surface area contributed by atoms with Crippen molar-refractivity contribution in [2.75, 3.05) is 13.2 Å². The van der Waals surface area contributed by atoms with E-state index in [1.165, 1.54) is 12.1 Å². The van der Waals surface area contributed by atoms with E-state index < -0.39 is 5.97 Å². The van der Waals surface area contributed by atoms with Crippen LogP contribution < -0.4 is 4.74 Å².